The van der Waals surface area contributed by atoms with Gasteiger partial charge in [-0.2, -0.15) is 0 Å². The smallest absolute Gasteiger partial charge is 0.239 e. The maximum Gasteiger partial charge on any atom is 0.239 e. The molecule has 0 aliphatic rings. The van der Waals surface area contributed by atoms with Crippen molar-refractivity contribution in [3.63, 3.8) is 0 Å². The fourth-order valence-corrected chi connectivity index (χ4v) is 1.07. The molecular formula is C11H16N2O2. The number of ether oxygens (including phenoxy) is 1. The lowest BCUT2D eigenvalue weighted by Gasteiger charge is -2.10. The number of rotatable bonds is 4. The van der Waals surface area contributed by atoms with Crippen LogP contribution < -0.4 is 10.6 Å². The minimum Gasteiger partial charge on any atom is -0.493 e. The van der Waals surface area contributed by atoms with Crippen LogP contribution in [-0.2, 0) is 4.79 Å². The summed E-state index contributed by atoms with van der Waals surface area (Å²) in [7, 11) is 1.52. The number of hydrogen-bond acceptors (Lipinski definition) is 3. The van der Waals surface area contributed by atoms with Gasteiger partial charge in [-0.25, -0.2) is 5.84 Å². The Morgan fingerprint density at radius 2 is 2.00 bits per heavy atom. The molecule has 0 spiro atoms. The fraction of sp³-hybridized carbons (Fsp3) is 0.364. The molecule has 0 bridgehead atoms. The van der Waals surface area contributed by atoms with Crippen LogP contribution in [0.5, 0.6) is 5.75 Å². The molecule has 0 aliphatic heterocycles. The van der Waals surface area contributed by atoms with Crippen LogP contribution in [0.4, 0.5) is 0 Å². The number of carbonyl (C=O) groups is 1. The Balaban J connectivity index is 2.32. The molecule has 1 aromatic carbocycles. The van der Waals surface area contributed by atoms with Gasteiger partial charge < -0.3 is 4.74 Å². The largest absolute Gasteiger partial charge is 0.493 e. The number of benzene rings is 1. The summed E-state index contributed by atoms with van der Waals surface area (Å²) in [5, 5.41) is 1.07. The van der Waals surface area contributed by atoms with Crippen molar-refractivity contribution in [1.82, 2.24) is 5.01 Å². The maximum absolute atomic E-state index is 11.1. The molecule has 0 atom stereocenters. The monoisotopic (exact) mass is 208 g/mol. The van der Waals surface area contributed by atoms with Crippen LogP contribution in [0.1, 0.15) is 12.0 Å². The molecule has 0 fully saturated rings. The average molecular weight is 208 g/mol. The molecule has 4 heteroatoms. The lowest BCUT2D eigenvalue weighted by Crippen LogP contribution is -2.33. The van der Waals surface area contributed by atoms with Gasteiger partial charge in [0.15, 0.2) is 0 Å². The summed E-state index contributed by atoms with van der Waals surface area (Å²) in [5.41, 5.74) is 1.18. The highest BCUT2D eigenvalue weighted by Crippen LogP contribution is 2.11. The first-order valence-corrected chi connectivity index (χ1v) is 4.80. The summed E-state index contributed by atoms with van der Waals surface area (Å²) < 4.78 is 5.38. The fourth-order valence-electron chi connectivity index (χ4n) is 1.07. The molecule has 0 aromatic heterocycles. The number of hydrogen-bond donors (Lipinski definition) is 1. The van der Waals surface area contributed by atoms with Crippen molar-refractivity contribution in [1.29, 1.82) is 0 Å². The molecule has 0 saturated heterocycles. The van der Waals surface area contributed by atoms with E-state index in [-0.39, 0.29) is 5.91 Å². The minimum absolute atomic E-state index is 0.137. The summed E-state index contributed by atoms with van der Waals surface area (Å²) in [6, 6.07) is 7.69. The van der Waals surface area contributed by atoms with E-state index in [1.807, 2.05) is 31.2 Å². The molecule has 82 valence electrons. The number of aryl methyl sites for hydroxylation is 1. The average Bonchev–Trinajstić information content (AvgIpc) is 2.20. The first-order valence-electron chi connectivity index (χ1n) is 4.80. The lowest BCUT2D eigenvalue weighted by atomic mass is 10.2. The van der Waals surface area contributed by atoms with Gasteiger partial charge in [0.25, 0.3) is 0 Å². The van der Waals surface area contributed by atoms with Gasteiger partial charge in [-0.3, -0.25) is 9.80 Å². The van der Waals surface area contributed by atoms with Gasteiger partial charge in [0, 0.05) is 7.05 Å². The quantitative estimate of drug-likeness (QED) is 0.458. The van der Waals surface area contributed by atoms with Gasteiger partial charge in [-0.1, -0.05) is 17.7 Å². The van der Waals surface area contributed by atoms with E-state index in [0.29, 0.717) is 13.0 Å². The maximum atomic E-state index is 11.1. The zero-order valence-corrected chi connectivity index (χ0v) is 9.06. The van der Waals surface area contributed by atoms with Gasteiger partial charge in [0.2, 0.25) is 5.91 Å². The van der Waals surface area contributed by atoms with E-state index in [1.165, 1.54) is 12.6 Å². The third kappa shape index (κ3) is 3.99. The Morgan fingerprint density at radius 1 is 1.40 bits per heavy atom. The first-order chi connectivity index (χ1) is 7.09. The third-order valence-electron chi connectivity index (χ3n) is 2.00. The van der Waals surface area contributed by atoms with Crippen LogP contribution in [0.2, 0.25) is 0 Å². The molecule has 0 aliphatic carbocycles. The number of nitrogens with two attached hydrogens (primary N) is 1. The SMILES string of the molecule is Cc1ccc(OCCC(=O)N(C)N)cc1. The van der Waals surface area contributed by atoms with Crippen LogP contribution in [0.25, 0.3) is 0 Å². The lowest BCUT2D eigenvalue weighted by molar-refractivity contribution is -0.130. The van der Waals surface area contributed by atoms with Gasteiger partial charge >= 0.3 is 0 Å². The zero-order valence-electron chi connectivity index (χ0n) is 9.06. The van der Waals surface area contributed by atoms with Gasteiger partial charge in [-0.05, 0) is 19.1 Å². The van der Waals surface area contributed by atoms with Crippen molar-refractivity contribution in [2.24, 2.45) is 5.84 Å². The summed E-state index contributed by atoms with van der Waals surface area (Å²) in [5.74, 6) is 5.90. The van der Waals surface area contributed by atoms with E-state index < -0.39 is 0 Å². The van der Waals surface area contributed by atoms with Crippen molar-refractivity contribution < 1.29 is 9.53 Å². The van der Waals surface area contributed by atoms with Gasteiger partial charge in [0.1, 0.15) is 5.75 Å². The van der Waals surface area contributed by atoms with E-state index in [2.05, 4.69) is 0 Å². The normalized spacial score (nSPS) is 9.80. The molecule has 15 heavy (non-hydrogen) atoms. The number of amides is 1. The Bertz CT molecular complexity index is 320. The minimum atomic E-state index is -0.137. The number of nitrogens with zero attached hydrogens (tertiary/aromatic N) is 1. The summed E-state index contributed by atoms with van der Waals surface area (Å²) in [4.78, 5) is 11.1. The molecule has 1 rings (SSSR count). The molecular weight excluding hydrogens is 192 g/mol. The predicted molar refractivity (Wildman–Crippen MR) is 58.2 cm³/mol. The molecule has 0 radical (unpaired) electrons. The molecule has 0 saturated carbocycles. The van der Waals surface area contributed by atoms with Crippen molar-refractivity contribution in [2.75, 3.05) is 13.7 Å². The van der Waals surface area contributed by atoms with Gasteiger partial charge in [-0.15, -0.1) is 0 Å². The number of hydrazine groups is 1. The standard InChI is InChI=1S/C11H16N2O2/c1-9-3-5-10(6-4-9)15-8-7-11(14)13(2)12/h3-6H,7-8,12H2,1-2H3. The van der Waals surface area contributed by atoms with Crippen LogP contribution in [-0.4, -0.2) is 24.6 Å². The van der Waals surface area contributed by atoms with E-state index in [1.54, 1.807) is 0 Å². The third-order valence-corrected chi connectivity index (χ3v) is 2.00. The molecule has 2 N–H and O–H groups in total. The van der Waals surface area contributed by atoms with E-state index in [4.69, 9.17) is 10.6 Å². The summed E-state index contributed by atoms with van der Waals surface area (Å²) in [6.45, 7) is 2.36. The summed E-state index contributed by atoms with van der Waals surface area (Å²) >= 11 is 0. The van der Waals surface area contributed by atoms with Crippen molar-refractivity contribution >= 4 is 5.91 Å². The molecule has 4 nitrogen and oxygen atoms in total. The Kier molecular flexibility index (Phi) is 4.12. The Labute approximate surface area is 89.6 Å². The molecule has 0 heterocycles. The van der Waals surface area contributed by atoms with Crippen molar-refractivity contribution in [3.05, 3.63) is 29.8 Å². The highest BCUT2D eigenvalue weighted by atomic mass is 16.5. The van der Waals surface area contributed by atoms with E-state index >= 15 is 0 Å². The topological polar surface area (TPSA) is 55.6 Å². The first kappa shape index (κ1) is 11.5. The highest BCUT2D eigenvalue weighted by molar-refractivity contribution is 5.75. The van der Waals surface area contributed by atoms with Crippen molar-refractivity contribution in [3.8, 4) is 5.75 Å². The Hall–Kier alpha value is -1.55. The van der Waals surface area contributed by atoms with E-state index in [0.717, 1.165) is 10.8 Å². The molecule has 1 amide bonds. The highest BCUT2D eigenvalue weighted by Gasteiger charge is 2.04. The second-order valence-electron chi connectivity index (χ2n) is 3.42. The van der Waals surface area contributed by atoms with Gasteiger partial charge in [0.05, 0.1) is 13.0 Å². The summed E-state index contributed by atoms with van der Waals surface area (Å²) in [6.07, 6.45) is 0.293. The van der Waals surface area contributed by atoms with Crippen LogP contribution in [0.3, 0.4) is 0 Å². The van der Waals surface area contributed by atoms with Crippen molar-refractivity contribution in [2.45, 2.75) is 13.3 Å². The zero-order chi connectivity index (χ0) is 11.3. The van der Waals surface area contributed by atoms with Crippen LogP contribution in [0, 0.1) is 6.92 Å². The molecule has 0 unspecified atom stereocenters. The number of carbonyl (C=O) groups excluding carboxylic acids is 1. The molecule has 1 aromatic rings. The predicted octanol–water partition coefficient (Wildman–Crippen LogP) is 1.10. The second kappa shape index (κ2) is 5.36. The van der Waals surface area contributed by atoms with Crippen LogP contribution in [0.15, 0.2) is 24.3 Å². The van der Waals surface area contributed by atoms with E-state index in [9.17, 15) is 4.79 Å². The van der Waals surface area contributed by atoms with Crippen LogP contribution >= 0.6 is 0 Å². The second-order valence-corrected chi connectivity index (χ2v) is 3.42. The Morgan fingerprint density at radius 3 is 2.53 bits per heavy atom.